The summed E-state index contributed by atoms with van der Waals surface area (Å²) in [6.45, 7) is 1.69. The first-order chi connectivity index (χ1) is 10.1. The van der Waals surface area contributed by atoms with Gasteiger partial charge in [0.1, 0.15) is 12.4 Å². The molecule has 0 saturated carbocycles. The predicted octanol–water partition coefficient (Wildman–Crippen LogP) is 3.12. The van der Waals surface area contributed by atoms with E-state index in [-0.39, 0.29) is 18.4 Å². The van der Waals surface area contributed by atoms with Crippen LogP contribution in [0.2, 0.25) is 0 Å². The normalized spacial score (nSPS) is 11.9. The van der Waals surface area contributed by atoms with E-state index >= 15 is 0 Å². The largest absolute Gasteiger partial charge is 0.399 e. The van der Waals surface area contributed by atoms with Gasteiger partial charge in [0.05, 0.1) is 11.8 Å². The molecule has 110 valence electrons. The van der Waals surface area contributed by atoms with Crippen LogP contribution in [0.5, 0.6) is 0 Å². The van der Waals surface area contributed by atoms with Crippen molar-refractivity contribution in [2.24, 2.45) is 0 Å². The SMILES string of the molecule is CC(OCC(=O)Nc1cc(N)ccc1F)c1ccccc1. The average molecular weight is 288 g/mol. The Bertz CT molecular complexity index is 617. The van der Waals surface area contributed by atoms with Gasteiger partial charge >= 0.3 is 0 Å². The summed E-state index contributed by atoms with van der Waals surface area (Å²) in [5.74, 6) is -0.962. The van der Waals surface area contributed by atoms with Crippen LogP contribution in [0.15, 0.2) is 48.5 Å². The van der Waals surface area contributed by atoms with Crippen LogP contribution < -0.4 is 11.1 Å². The first kappa shape index (κ1) is 15.0. The Labute approximate surface area is 122 Å². The number of amides is 1. The summed E-state index contributed by atoms with van der Waals surface area (Å²) in [6, 6.07) is 13.5. The van der Waals surface area contributed by atoms with E-state index in [4.69, 9.17) is 10.5 Å². The summed E-state index contributed by atoms with van der Waals surface area (Å²) < 4.78 is 18.9. The highest BCUT2D eigenvalue weighted by Crippen LogP contribution is 2.18. The molecule has 2 aromatic carbocycles. The molecule has 0 radical (unpaired) electrons. The Kier molecular flexibility index (Phi) is 4.90. The molecule has 0 spiro atoms. The van der Waals surface area contributed by atoms with Gasteiger partial charge in [-0.05, 0) is 30.7 Å². The van der Waals surface area contributed by atoms with Gasteiger partial charge in [0.2, 0.25) is 5.91 Å². The zero-order valence-corrected chi connectivity index (χ0v) is 11.7. The lowest BCUT2D eigenvalue weighted by atomic mass is 10.1. The van der Waals surface area contributed by atoms with Gasteiger partial charge in [-0.15, -0.1) is 0 Å². The summed E-state index contributed by atoms with van der Waals surface area (Å²) in [5.41, 5.74) is 6.96. The van der Waals surface area contributed by atoms with Crippen LogP contribution in [0.4, 0.5) is 15.8 Å². The third-order valence-electron chi connectivity index (χ3n) is 3.00. The van der Waals surface area contributed by atoms with E-state index in [9.17, 15) is 9.18 Å². The summed E-state index contributed by atoms with van der Waals surface area (Å²) in [4.78, 5) is 11.8. The minimum Gasteiger partial charge on any atom is -0.399 e. The van der Waals surface area contributed by atoms with Gasteiger partial charge in [-0.2, -0.15) is 0 Å². The van der Waals surface area contributed by atoms with E-state index in [1.807, 2.05) is 37.3 Å². The second-order valence-electron chi connectivity index (χ2n) is 4.65. The quantitative estimate of drug-likeness (QED) is 0.831. The minimum atomic E-state index is -0.534. The fraction of sp³-hybridized carbons (Fsp3) is 0.188. The van der Waals surface area contributed by atoms with Crippen LogP contribution in [0.25, 0.3) is 0 Å². The summed E-state index contributed by atoms with van der Waals surface area (Å²) in [5, 5.41) is 2.44. The van der Waals surface area contributed by atoms with Crippen molar-refractivity contribution >= 4 is 17.3 Å². The van der Waals surface area contributed by atoms with E-state index in [2.05, 4.69) is 5.32 Å². The zero-order valence-electron chi connectivity index (χ0n) is 11.7. The maximum atomic E-state index is 13.5. The number of anilines is 2. The number of nitrogens with two attached hydrogens (primary N) is 1. The van der Waals surface area contributed by atoms with Gasteiger partial charge in [-0.3, -0.25) is 4.79 Å². The van der Waals surface area contributed by atoms with Gasteiger partial charge in [0, 0.05) is 5.69 Å². The van der Waals surface area contributed by atoms with Crippen LogP contribution in [-0.4, -0.2) is 12.5 Å². The van der Waals surface area contributed by atoms with Crippen molar-refractivity contribution in [3.8, 4) is 0 Å². The van der Waals surface area contributed by atoms with Gasteiger partial charge in [-0.25, -0.2) is 4.39 Å². The molecule has 1 unspecified atom stereocenters. The maximum absolute atomic E-state index is 13.5. The van der Waals surface area contributed by atoms with E-state index in [0.717, 1.165) is 5.56 Å². The van der Waals surface area contributed by atoms with Gasteiger partial charge in [0.25, 0.3) is 0 Å². The highest BCUT2D eigenvalue weighted by Gasteiger charge is 2.11. The standard InChI is InChI=1S/C16H17FN2O2/c1-11(12-5-3-2-4-6-12)21-10-16(20)19-15-9-13(18)7-8-14(15)17/h2-9,11H,10,18H2,1H3,(H,19,20). The Morgan fingerprint density at radius 2 is 2.00 bits per heavy atom. The van der Waals surface area contributed by atoms with Crippen molar-refractivity contribution in [1.29, 1.82) is 0 Å². The Morgan fingerprint density at radius 1 is 1.29 bits per heavy atom. The fourth-order valence-corrected chi connectivity index (χ4v) is 1.85. The fourth-order valence-electron chi connectivity index (χ4n) is 1.85. The third-order valence-corrected chi connectivity index (χ3v) is 3.00. The molecule has 0 aliphatic rings. The maximum Gasteiger partial charge on any atom is 0.250 e. The monoisotopic (exact) mass is 288 g/mol. The molecule has 21 heavy (non-hydrogen) atoms. The van der Waals surface area contributed by atoms with Crippen molar-refractivity contribution in [3.05, 3.63) is 59.9 Å². The molecule has 0 bridgehead atoms. The molecule has 0 aliphatic carbocycles. The molecule has 1 atom stereocenters. The first-order valence-electron chi connectivity index (χ1n) is 6.57. The number of halogens is 1. The smallest absolute Gasteiger partial charge is 0.250 e. The van der Waals surface area contributed by atoms with Crippen molar-refractivity contribution in [3.63, 3.8) is 0 Å². The molecule has 2 aromatic rings. The van der Waals surface area contributed by atoms with Crippen LogP contribution >= 0.6 is 0 Å². The highest BCUT2D eigenvalue weighted by molar-refractivity contribution is 5.92. The average Bonchev–Trinajstić information content (AvgIpc) is 2.49. The number of carbonyl (C=O) groups is 1. The number of hydrogen-bond acceptors (Lipinski definition) is 3. The molecule has 5 heteroatoms. The summed E-state index contributed by atoms with van der Waals surface area (Å²) >= 11 is 0. The Balaban J connectivity index is 1.89. The Hall–Kier alpha value is -2.40. The molecule has 0 aromatic heterocycles. The number of hydrogen-bond donors (Lipinski definition) is 2. The van der Waals surface area contributed by atoms with E-state index in [1.165, 1.54) is 18.2 Å². The van der Waals surface area contributed by atoms with Gasteiger partial charge < -0.3 is 15.8 Å². The van der Waals surface area contributed by atoms with Crippen LogP contribution in [0.3, 0.4) is 0 Å². The predicted molar refractivity (Wildman–Crippen MR) is 80.3 cm³/mol. The number of benzene rings is 2. The molecule has 3 N–H and O–H groups in total. The second-order valence-corrected chi connectivity index (χ2v) is 4.65. The highest BCUT2D eigenvalue weighted by atomic mass is 19.1. The third kappa shape index (κ3) is 4.29. The lowest BCUT2D eigenvalue weighted by Gasteiger charge is -2.13. The topological polar surface area (TPSA) is 64.3 Å². The second kappa shape index (κ2) is 6.85. The summed E-state index contributed by atoms with van der Waals surface area (Å²) in [6.07, 6.45) is -0.220. The Morgan fingerprint density at radius 3 is 2.71 bits per heavy atom. The number of rotatable bonds is 5. The lowest BCUT2D eigenvalue weighted by Crippen LogP contribution is -2.20. The number of ether oxygens (including phenoxy) is 1. The lowest BCUT2D eigenvalue weighted by molar-refractivity contribution is -0.122. The van der Waals surface area contributed by atoms with Crippen molar-refractivity contribution in [2.75, 3.05) is 17.7 Å². The number of carbonyl (C=O) groups excluding carboxylic acids is 1. The van der Waals surface area contributed by atoms with E-state index in [0.29, 0.717) is 5.69 Å². The molecule has 0 fully saturated rings. The molecule has 0 aliphatic heterocycles. The van der Waals surface area contributed by atoms with Crippen LogP contribution in [-0.2, 0) is 9.53 Å². The van der Waals surface area contributed by atoms with Crippen molar-refractivity contribution in [1.82, 2.24) is 0 Å². The van der Waals surface area contributed by atoms with Crippen molar-refractivity contribution in [2.45, 2.75) is 13.0 Å². The number of nitrogens with one attached hydrogen (secondary N) is 1. The van der Waals surface area contributed by atoms with Crippen LogP contribution in [0, 0.1) is 5.82 Å². The molecular formula is C16H17FN2O2. The summed E-state index contributed by atoms with van der Waals surface area (Å²) in [7, 11) is 0. The van der Waals surface area contributed by atoms with Gasteiger partial charge in [0.15, 0.2) is 0 Å². The number of nitrogen functional groups attached to an aromatic ring is 1. The molecule has 4 nitrogen and oxygen atoms in total. The van der Waals surface area contributed by atoms with Gasteiger partial charge in [-0.1, -0.05) is 30.3 Å². The van der Waals surface area contributed by atoms with Crippen LogP contribution in [0.1, 0.15) is 18.6 Å². The minimum absolute atomic E-state index is 0.0518. The van der Waals surface area contributed by atoms with E-state index < -0.39 is 11.7 Å². The van der Waals surface area contributed by atoms with Crippen molar-refractivity contribution < 1.29 is 13.9 Å². The molecule has 0 heterocycles. The van der Waals surface area contributed by atoms with E-state index in [1.54, 1.807) is 0 Å². The first-order valence-corrected chi connectivity index (χ1v) is 6.57. The molecule has 2 rings (SSSR count). The molecule has 0 saturated heterocycles. The molecule has 1 amide bonds. The molecular weight excluding hydrogens is 271 g/mol. The zero-order chi connectivity index (χ0) is 15.2.